The van der Waals surface area contributed by atoms with E-state index in [-0.39, 0.29) is 11.3 Å². The fraction of sp³-hybridized carbons (Fsp3) is 0.600. The van der Waals surface area contributed by atoms with Crippen molar-refractivity contribution < 1.29 is 4.79 Å². The summed E-state index contributed by atoms with van der Waals surface area (Å²) in [4.78, 5) is 17.9. The van der Waals surface area contributed by atoms with Crippen molar-refractivity contribution in [3.63, 3.8) is 0 Å². The molecule has 1 aromatic heterocycles. The third-order valence-electron chi connectivity index (χ3n) is 6.74. The van der Waals surface area contributed by atoms with Crippen LogP contribution in [0.2, 0.25) is 10.0 Å². The number of amides is 1. The van der Waals surface area contributed by atoms with Crippen LogP contribution in [0.4, 0.5) is 5.13 Å². The Morgan fingerprint density at radius 2 is 1.85 bits per heavy atom. The average molecular weight is 409 g/mol. The van der Waals surface area contributed by atoms with Crippen molar-refractivity contribution in [1.82, 2.24) is 4.98 Å². The zero-order valence-corrected chi connectivity index (χ0v) is 17.3. The zero-order valence-electron chi connectivity index (χ0n) is 15.0. The highest BCUT2D eigenvalue weighted by Crippen LogP contribution is 2.69. The molecule has 4 aliphatic rings. The molecule has 2 atom stereocenters. The number of nitrogens with one attached hydrogen (secondary N) is 1. The second-order valence-electron chi connectivity index (χ2n) is 9.62. The number of carbonyl (C=O) groups is 1. The van der Waals surface area contributed by atoms with E-state index in [0.29, 0.717) is 37.4 Å². The van der Waals surface area contributed by atoms with Crippen molar-refractivity contribution in [2.75, 3.05) is 5.32 Å². The van der Waals surface area contributed by atoms with Crippen LogP contribution >= 0.6 is 34.5 Å². The monoisotopic (exact) mass is 408 g/mol. The molecule has 3 nitrogen and oxygen atoms in total. The van der Waals surface area contributed by atoms with E-state index in [1.807, 2.05) is 6.07 Å². The van der Waals surface area contributed by atoms with Crippen LogP contribution in [0.15, 0.2) is 12.1 Å². The van der Waals surface area contributed by atoms with Crippen LogP contribution in [-0.2, 0) is 4.79 Å². The largest absolute Gasteiger partial charge is 0.301 e. The van der Waals surface area contributed by atoms with E-state index in [1.165, 1.54) is 30.6 Å². The molecule has 138 valence electrons. The van der Waals surface area contributed by atoms with Crippen molar-refractivity contribution in [2.45, 2.75) is 52.4 Å². The number of rotatable bonds is 2. The summed E-state index contributed by atoms with van der Waals surface area (Å²) in [7, 11) is 0. The lowest BCUT2D eigenvalue weighted by molar-refractivity contribution is -0.165. The molecule has 6 heteroatoms. The SMILES string of the molecule is CC12CC3CC(C)(C1)CC(C(=O)Nc1nc4c(Cl)cc(Cl)cc4s1)(C3)C2. The van der Waals surface area contributed by atoms with Crippen LogP contribution < -0.4 is 5.32 Å². The first-order valence-electron chi connectivity index (χ1n) is 9.25. The highest BCUT2D eigenvalue weighted by Gasteiger charge is 2.62. The molecule has 1 heterocycles. The quantitative estimate of drug-likeness (QED) is 0.612. The van der Waals surface area contributed by atoms with E-state index in [4.69, 9.17) is 23.2 Å². The molecule has 1 amide bonds. The Labute approximate surface area is 167 Å². The number of halogens is 2. The molecule has 4 saturated carbocycles. The van der Waals surface area contributed by atoms with Crippen molar-refractivity contribution in [1.29, 1.82) is 0 Å². The molecule has 0 aliphatic heterocycles. The lowest BCUT2D eigenvalue weighted by Crippen LogP contribution is -2.58. The van der Waals surface area contributed by atoms with Crippen LogP contribution in [0.5, 0.6) is 0 Å². The van der Waals surface area contributed by atoms with Gasteiger partial charge in [0.05, 0.1) is 15.1 Å². The number of fused-ring (bicyclic) bond motifs is 1. The van der Waals surface area contributed by atoms with E-state index in [1.54, 1.807) is 6.07 Å². The summed E-state index contributed by atoms with van der Waals surface area (Å²) in [5.41, 5.74) is 1.11. The molecule has 4 aliphatic carbocycles. The molecule has 6 rings (SSSR count). The summed E-state index contributed by atoms with van der Waals surface area (Å²) >= 11 is 13.8. The maximum Gasteiger partial charge on any atom is 0.232 e. The van der Waals surface area contributed by atoms with E-state index >= 15 is 0 Å². The number of anilines is 1. The Hall–Kier alpha value is -0.840. The molecule has 0 saturated heterocycles. The third kappa shape index (κ3) is 2.60. The van der Waals surface area contributed by atoms with Crippen LogP contribution in [0.1, 0.15) is 52.4 Å². The van der Waals surface area contributed by atoms with Gasteiger partial charge < -0.3 is 5.32 Å². The number of thiazole rings is 1. The van der Waals surface area contributed by atoms with Crippen molar-refractivity contribution in [3.8, 4) is 0 Å². The molecule has 1 aromatic carbocycles. The minimum atomic E-state index is -0.234. The lowest BCUT2D eigenvalue weighted by Gasteiger charge is -2.64. The zero-order chi connectivity index (χ0) is 18.3. The topological polar surface area (TPSA) is 42.0 Å². The van der Waals surface area contributed by atoms with Gasteiger partial charge in [-0.3, -0.25) is 4.79 Å². The predicted octanol–water partition coefficient (Wildman–Crippen LogP) is 6.54. The van der Waals surface area contributed by atoms with E-state index in [9.17, 15) is 4.79 Å². The van der Waals surface area contributed by atoms with Crippen LogP contribution in [0.25, 0.3) is 10.2 Å². The van der Waals surface area contributed by atoms with Gasteiger partial charge >= 0.3 is 0 Å². The highest BCUT2D eigenvalue weighted by molar-refractivity contribution is 7.22. The van der Waals surface area contributed by atoms with Crippen molar-refractivity contribution in [3.05, 3.63) is 22.2 Å². The van der Waals surface area contributed by atoms with Crippen LogP contribution in [0, 0.1) is 22.2 Å². The van der Waals surface area contributed by atoms with Gasteiger partial charge in [0, 0.05) is 5.02 Å². The summed E-state index contributed by atoms with van der Waals surface area (Å²) in [6.07, 6.45) is 6.88. The standard InChI is InChI=1S/C20H22Cl2N2OS/c1-18-5-11-6-19(2,8-18)10-20(7-11,9-18)16(25)24-17-23-15-13(22)3-12(21)4-14(15)26-17/h3-4,11H,5-10H2,1-2H3,(H,23,24,25). The molecule has 0 spiro atoms. The fourth-order valence-corrected chi connectivity index (χ4v) is 8.52. The molecular formula is C20H22Cl2N2OS. The normalized spacial score (nSPS) is 38.1. The number of aromatic nitrogens is 1. The van der Waals surface area contributed by atoms with Crippen molar-refractivity contribution in [2.24, 2.45) is 22.2 Å². The second kappa shape index (κ2) is 5.36. The molecule has 26 heavy (non-hydrogen) atoms. The maximum absolute atomic E-state index is 13.4. The minimum absolute atomic E-state index is 0.153. The number of hydrogen-bond acceptors (Lipinski definition) is 3. The Morgan fingerprint density at radius 3 is 2.50 bits per heavy atom. The summed E-state index contributed by atoms with van der Waals surface area (Å²) < 4.78 is 0.905. The number of carbonyl (C=O) groups excluding carboxylic acids is 1. The van der Waals surface area contributed by atoms with Gasteiger partial charge in [0.25, 0.3) is 0 Å². The lowest BCUT2D eigenvalue weighted by atomic mass is 9.40. The maximum atomic E-state index is 13.4. The summed E-state index contributed by atoms with van der Waals surface area (Å²) in [5, 5.41) is 4.88. The molecule has 0 radical (unpaired) electrons. The molecular weight excluding hydrogens is 387 g/mol. The number of nitrogens with zero attached hydrogens (tertiary/aromatic N) is 1. The van der Waals surface area contributed by atoms with Crippen LogP contribution in [0.3, 0.4) is 0 Å². The van der Waals surface area contributed by atoms with Crippen LogP contribution in [-0.4, -0.2) is 10.9 Å². The summed E-state index contributed by atoms with van der Waals surface area (Å²) in [5.74, 6) is 0.843. The van der Waals surface area contributed by atoms with E-state index < -0.39 is 0 Å². The molecule has 4 fully saturated rings. The van der Waals surface area contributed by atoms with Gasteiger partial charge in [-0.15, -0.1) is 0 Å². The Bertz CT molecular complexity index is 921. The Kier molecular flexibility index (Phi) is 3.56. The minimum Gasteiger partial charge on any atom is -0.301 e. The van der Waals surface area contributed by atoms with Gasteiger partial charge in [0.1, 0.15) is 5.52 Å². The second-order valence-corrected chi connectivity index (χ2v) is 11.5. The van der Waals surface area contributed by atoms with Gasteiger partial charge in [-0.25, -0.2) is 4.98 Å². The Balaban J connectivity index is 1.46. The smallest absolute Gasteiger partial charge is 0.232 e. The van der Waals surface area contributed by atoms with Gasteiger partial charge in [0.2, 0.25) is 5.91 Å². The van der Waals surface area contributed by atoms with Crippen molar-refractivity contribution >= 4 is 55.8 Å². The van der Waals surface area contributed by atoms with Gasteiger partial charge in [-0.05, 0) is 67.4 Å². The molecule has 2 aromatic rings. The first kappa shape index (κ1) is 17.3. The van der Waals surface area contributed by atoms with E-state index in [0.717, 1.165) is 24.0 Å². The fourth-order valence-electron chi connectivity index (χ4n) is 6.94. The third-order valence-corrected chi connectivity index (χ3v) is 8.17. The molecule has 1 N–H and O–H groups in total. The highest BCUT2D eigenvalue weighted by atomic mass is 35.5. The Morgan fingerprint density at radius 1 is 1.15 bits per heavy atom. The molecule has 4 bridgehead atoms. The molecule has 2 unspecified atom stereocenters. The first-order chi connectivity index (χ1) is 12.2. The average Bonchev–Trinajstić information content (AvgIpc) is 2.86. The number of hydrogen-bond donors (Lipinski definition) is 1. The van der Waals surface area contributed by atoms with Gasteiger partial charge in [-0.2, -0.15) is 0 Å². The summed E-state index contributed by atoms with van der Waals surface area (Å²) in [6, 6.07) is 3.54. The predicted molar refractivity (Wildman–Crippen MR) is 108 cm³/mol. The van der Waals surface area contributed by atoms with Gasteiger partial charge in [-0.1, -0.05) is 48.4 Å². The first-order valence-corrected chi connectivity index (χ1v) is 10.8. The van der Waals surface area contributed by atoms with E-state index in [2.05, 4.69) is 24.1 Å². The van der Waals surface area contributed by atoms with Gasteiger partial charge in [0.15, 0.2) is 5.13 Å². The number of benzene rings is 1. The summed E-state index contributed by atoms with van der Waals surface area (Å²) in [6.45, 7) is 4.77.